The zero-order valence-corrected chi connectivity index (χ0v) is 11.8. The van der Waals surface area contributed by atoms with E-state index in [0.29, 0.717) is 25.3 Å². The molecule has 1 amide bonds. The van der Waals surface area contributed by atoms with Crippen LogP contribution < -0.4 is 10.6 Å². The fraction of sp³-hybridized carbons (Fsp3) is 0.538. The Morgan fingerprint density at radius 1 is 1.37 bits per heavy atom. The van der Waals surface area contributed by atoms with Gasteiger partial charge in [-0.25, -0.2) is 4.98 Å². The first kappa shape index (κ1) is 15.4. The SMILES string of the molecule is CNc1ccc(C(=O)NCCOCCN(C)C)cn1. The lowest BCUT2D eigenvalue weighted by molar-refractivity contribution is 0.0900. The summed E-state index contributed by atoms with van der Waals surface area (Å²) < 4.78 is 5.39. The van der Waals surface area contributed by atoms with Crippen molar-refractivity contribution >= 4 is 11.7 Å². The third kappa shape index (κ3) is 6.17. The molecule has 0 unspecified atom stereocenters. The van der Waals surface area contributed by atoms with Crippen molar-refractivity contribution in [2.45, 2.75) is 0 Å². The van der Waals surface area contributed by atoms with E-state index in [1.165, 1.54) is 0 Å². The number of aromatic nitrogens is 1. The van der Waals surface area contributed by atoms with E-state index in [1.807, 2.05) is 19.0 Å². The number of nitrogens with zero attached hydrogens (tertiary/aromatic N) is 2. The van der Waals surface area contributed by atoms with Gasteiger partial charge < -0.3 is 20.3 Å². The molecule has 0 atom stereocenters. The van der Waals surface area contributed by atoms with Crippen LogP contribution in [0.25, 0.3) is 0 Å². The third-order valence-corrected chi connectivity index (χ3v) is 2.50. The van der Waals surface area contributed by atoms with Gasteiger partial charge in [-0.2, -0.15) is 0 Å². The average molecular weight is 266 g/mol. The molecule has 6 heteroatoms. The van der Waals surface area contributed by atoms with E-state index in [0.717, 1.165) is 12.4 Å². The maximum Gasteiger partial charge on any atom is 0.252 e. The molecule has 0 bridgehead atoms. The summed E-state index contributed by atoms with van der Waals surface area (Å²) in [6.07, 6.45) is 1.55. The molecule has 0 aliphatic rings. The minimum absolute atomic E-state index is 0.133. The maximum absolute atomic E-state index is 11.7. The van der Waals surface area contributed by atoms with Gasteiger partial charge in [0.15, 0.2) is 0 Å². The molecule has 0 spiro atoms. The number of carbonyl (C=O) groups is 1. The molecule has 0 saturated carbocycles. The van der Waals surface area contributed by atoms with Crippen molar-refractivity contribution < 1.29 is 9.53 Å². The van der Waals surface area contributed by atoms with Gasteiger partial charge in [-0.3, -0.25) is 4.79 Å². The van der Waals surface area contributed by atoms with Gasteiger partial charge in [0.05, 0.1) is 18.8 Å². The molecular weight excluding hydrogens is 244 g/mol. The largest absolute Gasteiger partial charge is 0.378 e. The zero-order valence-electron chi connectivity index (χ0n) is 11.8. The molecule has 19 heavy (non-hydrogen) atoms. The Bertz CT molecular complexity index is 379. The number of pyridine rings is 1. The van der Waals surface area contributed by atoms with E-state index >= 15 is 0 Å². The molecule has 106 valence electrons. The van der Waals surface area contributed by atoms with Crippen molar-refractivity contribution in [3.05, 3.63) is 23.9 Å². The molecular formula is C13H22N4O2. The Labute approximate surface area is 114 Å². The number of rotatable bonds is 8. The second kappa shape index (κ2) is 8.44. The molecule has 0 aromatic carbocycles. The van der Waals surface area contributed by atoms with Crippen LogP contribution in [0.2, 0.25) is 0 Å². The Balaban J connectivity index is 2.20. The van der Waals surface area contributed by atoms with Crippen molar-refractivity contribution in [2.75, 3.05) is 52.8 Å². The lowest BCUT2D eigenvalue weighted by Crippen LogP contribution is -2.28. The lowest BCUT2D eigenvalue weighted by atomic mass is 10.2. The highest BCUT2D eigenvalue weighted by Crippen LogP contribution is 2.03. The number of ether oxygens (including phenoxy) is 1. The summed E-state index contributed by atoms with van der Waals surface area (Å²) in [6, 6.07) is 3.50. The van der Waals surface area contributed by atoms with E-state index in [1.54, 1.807) is 25.4 Å². The van der Waals surface area contributed by atoms with Crippen LogP contribution in [0.3, 0.4) is 0 Å². The standard InChI is InChI=1S/C13H22N4O2/c1-14-12-5-4-11(10-16-12)13(18)15-6-8-19-9-7-17(2)3/h4-5,10H,6-9H2,1-3H3,(H,14,16)(H,15,18). The van der Waals surface area contributed by atoms with E-state index in [9.17, 15) is 4.79 Å². The van der Waals surface area contributed by atoms with Crippen molar-refractivity contribution in [1.82, 2.24) is 15.2 Å². The number of anilines is 1. The molecule has 2 N–H and O–H groups in total. The predicted octanol–water partition coefficient (Wildman–Crippen LogP) is 0.431. The summed E-state index contributed by atoms with van der Waals surface area (Å²) in [4.78, 5) is 17.9. The van der Waals surface area contributed by atoms with Crippen LogP contribution in [0.4, 0.5) is 5.82 Å². The molecule has 1 aromatic heterocycles. The van der Waals surface area contributed by atoms with Gasteiger partial charge in [0.2, 0.25) is 0 Å². The second-order valence-corrected chi connectivity index (χ2v) is 4.35. The molecule has 0 radical (unpaired) electrons. The van der Waals surface area contributed by atoms with E-state index in [4.69, 9.17) is 4.74 Å². The minimum Gasteiger partial charge on any atom is -0.378 e. The number of hydrogen-bond donors (Lipinski definition) is 2. The average Bonchev–Trinajstić information content (AvgIpc) is 2.42. The Hall–Kier alpha value is -1.66. The van der Waals surface area contributed by atoms with Gasteiger partial charge in [-0.05, 0) is 26.2 Å². The van der Waals surface area contributed by atoms with E-state index < -0.39 is 0 Å². The van der Waals surface area contributed by atoms with Gasteiger partial charge in [-0.15, -0.1) is 0 Å². The van der Waals surface area contributed by atoms with Crippen LogP contribution in [-0.4, -0.2) is 63.2 Å². The Kier molecular flexibility index (Phi) is 6.84. The molecule has 1 aromatic rings. The molecule has 0 aliphatic carbocycles. The third-order valence-electron chi connectivity index (χ3n) is 2.50. The van der Waals surface area contributed by atoms with E-state index in [2.05, 4.69) is 15.6 Å². The van der Waals surface area contributed by atoms with Gasteiger partial charge in [0.25, 0.3) is 5.91 Å². The molecule has 1 rings (SSSR count). The fourth-order valence-electron chi connectivity index (χ4n) is 1.36. The van der Waals surface area contributed by atoms with Crippen LogP contribution in [0.15, 0.2) is 18.3 Å². The summed E-state index contributed by atoms with van der Waals surface area (Å²) >= 11 is 0. The molecule has 0 saturated heterocycles. The first-order chi connectivity index (χ1) is 9.13. The normalized spacial score (nSPS) is 10.5. The highest BCUT2D eigenvalue weighted by atomic mass is 16.5. The Morgan fingerprint density at radius 3 is 2.74 bits per heavy atom. The number of amides is 1. The predicted molar refractivity (Wildman–Crippen MR) is 75.5 cm³/mol. The molecule has 0 aliphatic heterocycles. The molecule has 1 heterocycles. The van der Waals surface area contributed by atoms with Crippen LogP contribution in [0.1, 0.15) is 10.4 Å². The summed E-state index contributed by atoms with van der Waals surface area (Å²) in [5.74, 6) is 0.606. The minimum atomic E-state index is -0.133. The van der Waals surface area contributed by atoms with Crippen molar-refractivity contribution in [3.8, 4) is 0 Å². The first-order valence-electron chi connectivity index (χ1n) is 6.28. The summed E-state index contributed by atoms with van der Waals surface area (Å²) in [5, 5.41) is 5.69. The molecule has 6 nitrogen and oxygen atoms in total. The van der Waals surface area contributed by atoms with Crippen LogP contribution in [0.5, 0.6) is 0 Å². The maximum atomic E-state index is 11.7. The van der Waals surface area contributed by atoms with Crippen molar-refractivity contribution in [2.24, 2.45) is 0 Å². The van der Waals surface area contributed by atoms with Gasteiger partial charge >= 0.3 is 0 Å². The highest BCUT2D eigenvalue weighted by Gasteiger charge is 2.04. The Morgan fingerprint density at radius 2 is 2.16 bits per heavy atom. The van der Waals surface area contributed by atoms with Crippen molar-refractivity contribution in [1.29, 1.82) is 0 Å². The van der Waals surface area contributed by atoms with Crippen LogP contribution in [0, 0.1) is 0 Å². The lowest BCUT2D eigenvalue weighted by Gasteiger charge is -2.10. The summed E-state index contributed by atoms with van der Waals surface area (Å²) in [6.45, 7) is 2.56. The molecule has 0 fully saturated rings. The first-order valence-corrected chi connectivity index (χ1v) is 6.28. The van der Waals surface area contributed by atoms with E-state index in [-0.39, 0.29) is 5.91 Å². The zero-order chi connectivity index (χ0) is 14.1. The van der Waals surface area contributed by atoms with Gasteiger partial charge in [0.1, 0.15) is 5.82 Å². The quantitative estimate of drug-likeness (QED) is 0.668. The van der Waals surface area contributed by atoms with Crippen LogP contribution >= 0.6 is 0 Å². The summed E-state index contributed by atoms with van der Waals surface area (Å²) in [5.41, 5.74) is 0.548. The van der Waals surface area contributed by atoms with Crippen LogP contribution in [-0.2, 0) is 4.74 Å². The van der Waals surface area contributed by atoms with Gasteiger partial charge in [-0.1, -0.05) is 0 Å². The summed E-state index contributed by atoms with van der Waals surface area (Å²) in [7, 11) is 5.77. The number of carbonyl (C=O) groups excluding carboxylic acids is 1. The number of likely N-dealkylation sites (N-methyl/N-ethyl adjacent to an activating group) is 1. The fourth-order valence-corrected chi connectivity index (χ4v) is 1.36. The smallest absolute Gasteiger partial charge is 0.252 e. The highest BCUT2D eigenvalue weighted by molar-refractivity contribution is 5.94. The van der Waals surface area contributed by atoms with Gasteiger partial charge in [0, 0.05) is 26.3 Å². The topological polar surface area (TPSA) is 66.5 Å². The second-order valence-electron chi connectivity index (χ2n) is 4.35. The monoisotopic (exact) mass is 266 g/mol. The van der Waals surface area contributed by atoms with Crippen molar-refractivity contribution in [3.63, 3.8) is 0 Å². The number of hydrogen-bond acceptors (Lipinski definition) is 5. The number of nitrogens with one attached hydrogen (secondary N) is 2.